The lowest BCUT2D eigenvalue weighted by Gasteiger charge is -2.34. The van der Waals surface area contributed by atoms with Crippen molar-refractivity contribution >= 4 is 28.2 Å². The lowest BCUT2D eigenvalue weighted by atomic mass is 9.71. The molecule has 0 unspecified atom stereocenters. The number of ketones is 2. The first-order chi connectivity index (χ1) is 24.2. The van der Waals surface area contributed by atoms with Crippen LogP contribution in [-0.2, 0) is 13.7 Å². The van der Waals surface area contributed by atoms with Crippen molar-refractivity contribution in [3.63, 3.8) is 0 Å². The van der Waals surface area contributed by atoms with Crippen molar-refractivity contribution in [3.8, 4) is 0 Å². The Morgan fingerprint density at radius 3 is 1.13 bits per heavy atom. The Labute approximate surface area is 325 Å². The summed E-state index contributed by atoms with van der Waals surface area (Å²) in [6.45, 7) is 33.5. The standard InChI is InChI=1S/C40H52O4.C6H18OSi2/c1-27(17-13-19-29(3)21-23-33-31(5)37(43)35(41)25-39(33,7)8)15-11-12-16-28(2)18-14-20-30(4)22-24-34-32(6)38(44)36(42)26-40(34,9)10;1-8(2,3)7-9(4,5)6/h11-24,35-36,41-42H,25-26H2,1-10H3;1-6H3/b12-11+,17-13+,18-14+,23-21+,24-22+,27-15+,28-16+,29-19+,30-20+;/t35-,36-;/m0./s1. The van der Waals surface area contributed by atoms with Crippen LogP contribution >= 0.6 is 0 Å². The number of allylic oxidation sites excluding steroid dienone is 20. The predicted octanol–water partition coefficient (Wildman–Crippen LogP) is 11.6. The van der Waals surface area contributed by atoms with E-state index in [0.29, 0.717) is 24.0 Å². The summed E-state index contributed by atoms with van der Waals surface area (Å²) in [5.74, 6) is -0.350. The molecular weight excluding hydrogens is 689 g/mol. The first-order valence-electron chi connectivity index (χ1n) is 18.8. The Morgan fingerprint density at radius 2 is 0.849 bits per heavy atom. The molecule has 0 aromatic heterocycles. The molecule has 5 nitrogen and oxygen atoms in total. The van der Waals surface area contributed by atoms with E-state index in [9.17, 15) is 19.8 Å². The summed E-state index contributed by atoms with van der Waals surface area (Å²) in [6.07, 6.45) is 27.5. The lowest BCUT2D eigenvalue weighted by Crippen LogP contribution is -2.39. The van der Waals surface area contributed by atoms with E-state index < -0.39 is 28.8 Å². The van der Waals surface area contributed by atoms with Gasteiger partial charge in [-0.15, -0.1) is 0 Å². The highest BCUT2D eigenvalue weighted by atomic mass is 28.4. The van der Waals surface area contributed by atoms with Gasteiger partial charge in [-0.2, -0.15) is 0 Å². The molecule has 0 saturated carbocycles. The van der Waals surface area contributed by atoms with Crippen LogP contribution in [0.4, 0.5) is 0 Å². The summed E-state index contributed by atoms with van der Waals surface area (Å²) >= 11 is 0. The molecule has 7 heteroatoms. The third-order valence-electron chi connectivity index (χ3n) is 8.92. The number of aliphatic hydroxyl groups is 2. The molecule has 0 radical (unpaired) electrons. The van der Waals surface area contributed by atoms with Gasteiger partial charge in [-0.1, -0.05) is 135 Å². The molecule has 0 fully saturated rings. The van der Waals surface area contributed by atoms with E-state index in [1.807, 2.05) is 74.6 Å². The van der Waals surface area contributed by atoms with Crippen LogP contribution in [0.25, 0.3) is 0 Å². The minimum atomic E-state index is -1.23. The van der Waals surface area contributed by atoms with Crippen LogP contribution in [-0.4, -0.2) is 50.6 Å². The average molecular weight is 759 g/mol. The SMILES string of the molecule is CC1=C(/C=C/C(C)=C/C=C/C(C)=C/C=C/C=C(C)/C=C/C=C(C)/C=C/C2=C(C)C(=O)[C@@H](O)CC2(C)C)C(C)(C)C[C@H](O)C1=O.C[Si](C)(C)O[Si](C)(C)C. The molecule has 2 aliphatic carbocycles. The third-order valence-corrected chi connectivity index (χ3v) is 13.8. The molecule has 0 aromatic carbocycles. The monoisotopic (exact) mass is 758 g/mol. The van der Waals surface area contributed by atoms with E-state index in [2.05, 4.69) is 105 Å². The van der Waals surface area contributed by atoms with Gasteiger partial charge in [0.2, 0.25) is 0 Å². The number of rotatable bonds is 12. The Morgan fingerprint density at radius 1 is 0.566 bits per heavy atom. The molecule has 292 valence electrons. The van der Waals surface area contributed by atoms with Crippen LogP contribution in [0.15, 0.2) is 130 Å². The predicted molar refractivity (Wildman–Crippen MR) is 233 cm³/mol. The topological polar surface area (TPSA) is 83.8 Å². The smallest absolute Gasteiger partial charge is 0.187 e. The van der Waals surface area contributed by atoms with Crippen molar-refractivity contribution in [3.05, 3.63) is 130 Å². The maximum absolute atomic E-state index is 12.2. The van der Waals surface area contributed by atoms with E-state index in [-0.39, 0.29) is 22.4 Å². The molecule has 2 atom stereocenters. The summed E-state index contributed by atoms with van der Waals surface area (Å²) in [4.78, 5) is 24.5. The molecule has 0 aromatic rings. The lowest BCUT2D eigenvalue weighted by molar-refractivity contribution is -0.126. The number of carbonyl (C=O) groups excluding carboxylic acids is 2. The van der Waals surface area contributed by atoms with E-state index in [1.54, 1.807) is 13.8 Å². The molecule has 53 heavy (non-hydrogen) atoms. The van der Waals surface area contributed by atoms with Crippen LogP contribution in [0.5, 0.6) is 0 Å². The van der Waals surface area contributed by atoms with Crippen LogP contribution in [0.2, 0.25) is 39.3 Å². The molecular formula is C46H70O5Si2. The fraction of sp³-hybridized carbons (Fsp3) is 0.478. The Bertz CT molecular complexity index is 1540. The largest absolute Gasteiger partial charge is 0.456 e. The quantitative estimate of drug-likeness (QED) is 0.153. The van der Waals surface area contributed by atoms with Gasteiger partial charge in [-0.25, -0.2) is 0 Å². The second kappa shape index (κ2) is 20.5. The first kappa shape index (κ1) is 47.8. The van der Waals surface area contributed by atoms with Crippen LogP contribution in [0.1, 0.15) is 82.1 Å². The number of hydrogen-bond acceptors (Lipinski definition) is 5. The minimum Gasteiger partial charge on any atom is -0.456 e. The van der Waals surface area contributed by atoms with Crippen molar-refractivity contribution < 1.29 is 23.9 Å². The highest BCUT2D eigenvalue weighted by Gasteiger charge is 2.37. The van der Waals surface area contributed by atoms with Gasteiger partial charge in [-0.05, 0) is 127 Å². The van der Waals surface area contributed by atoms with Crippen LogP contribution in [0.3, 0.4) is 0 Å². The van der Waals surface area contributed by atoms with Gasteiger partial charge in [0, 0.05) is 0 Å². The average Bonchev–Trinajstić information content (AvgIpc) is 2.98. The van der Waals surface area contributed by atoms with Gasteiger partial charge in [0.15, 0.2) is 28.2 Å². The minimum absolute atomic E-state index is 0.175. The fourth-order valence-electron chi connectivity index (χ4n) is 6.54. The summed E-state index contributed by atoms with van der Waals surface area (Å²) in [5, 5.41) is 20.0. The fourth-order valence-corrected chi connectivity index (χ4v) is 13.9. The number of Topliss-reactive ketones (excluding diaryl/α,β-unsaturated/α-hetero) is 2. The van der Waals surface area contributed by atoms with Gasteiger partial charge in [0.1, 0.15) is 12.2 Å². The molecule has 0 heterocycles. The molecule has 0 spiro atoms. The number of aliphatic hydroxyl groups excluding tert-OH is 2. The van der Waals surface area contributed by atoms with Crippen molar-refractivity contribution in [2.45, 2.75) is 134 Å². The Kier molecular flexibility index (Phi) is 18.5. The third kappa shape index (κ3) is 17.7. The van der Waals surface area contributed by atoms with E-state index in [0.717, 1.165) is 33.4 Å². The van der Waals surface area contributed by atoms with Crippen LogP contribution in [0, 0.1) is 10.8 Å². The van der Waals surface area contributed by atoms with Gasteiger partial charge in [0.05, 0.1) is 0 Å². The van der Waals surface area contributed by atoms with E-state index >= 15 is 0 Å². The number of carbonyl (C=O) groups is 2. The van der Waals surface area contributed by atoms with Gasteiger partial charge in [0.25, 0.3) is 0 Å². The normalized spacial score (nSPS) is 22.8. The summed E-state index contributed by atoms with van der Waals surface area (Å²) in [7, 11) is -2.46. The van der Waals surface area contributed by atoms with Crippen molar-refractivity contribution in [2.24, 2.45) is 10.8 Å². The Hall–Kier alpha value is -3.21. The zero-order valence-corrected chi connectivity index (χ0v) is 37.8. The summed E-state index contributed by atoms with van der Waals surface area (Å²) < 4.78 is 5.90. The molecule has 2 aliphatic rings. The van der Waals surface area contributed by atoms with E-state index in [4.69, 9.17) is 4.12 Å². The molecule has 0 aliphatic heterocycles. The maximum atomic E-state index is 12.2. The van der Waals surface area contributed by atoms with Gasteiger partial charge >= 0.3 is 0 Å². The van der Waals surface area contributed by atoms with Crippen molar-refractivity contribution in [1.29, 1.82) is 0 Å². The maximum Gasteiger partial charge on any atom is 0.187 e. The summed E-state index contributed by atoms with van der Waals surface area (Å²) in [6, 6.07) is 0. The summed E-state index contributed by atoms with van der Waals surface area (Å²) in [5.41, 5.74) is 7.16. The molecule has 0 saturated heterocycles. The molecule has 2 rings (SSSR count). The molecule has 0 bridgehead atoms. The second-order valence-electron chi connectivity index (χ2n) is 17.8. The molecule has 0 amide bonds. The molecule has 2 N–H and O–H groups in total. The van der Waals surface area contributed by atoms with Crippen molar-refractivity contribution in [1.82, 2.24) is 0 Å². The second-order valence-corrected chi connectivity index (χ2v) is 27.0. The van der Waals surface area contributed by atoms with Crippen LogP contribution < -0.4 is 0 Å². The highest BCUT2D eigenvalue weighted by molar-refractivity contribution is 6.83. The highest BCUT2D eigenvalue weighted by Crippen LogP contribution is 2.40. The zero-order valence-electron chi connectivity index (χ0n) is 35.8. The number of hydrogen-bond donors (Lipinski definition) is 2. The van der Waals surface area contributed by atoms with Gasteiger partial charge in [-0.3, -0.25) is 9.59 Å². The van der Waals surface area contributed by atoms with E-state index in [1.165, 1.54) is 0 Å². The zero-order chi connectivity index (χ0) is 40.9. The first-order valence-corrected chi connectivity index (χ1v) is 25.6. The van der Waals surface area contributed by atoms with Crippen molar-refractivity contribution in [2.75, 3.05) is 0 Å². The Balaban J connectivity index is 0.00000137. The van der Waals surface area contributed by atoms with Gasteiger partial charge < -0.3 is 14.3 Å².